The summed E-state index contributed by atoms with van der Waals surface area (Å²) >= 11 is 0. The fourth-order valence-corrected chi connectivity index (χ4v) is 4.27. The molecule has 0 radical (unpaired) electrons. The molecule has 0 bridgehead atoms. The van der Waals surface area contributed by atoms with Gasteiger partial charge in [-0.3, -0.25) is 0 Å². The van der Waals surface area contributed by atoms with E-state index in [9.17, 15) is 16.8 Å². The van der Waals surface area contributed by atoms with Crippen molar-refractivity contribution in [3.8, 4) is 0 Å². The third kappa shape index (κ3) is 3.33. The molecule has 5 nitrogen and oxygen atoms in total. The summed E-state index contributed by atoms with van der Waals surface area (Å²) in [6.07, 6.45) is 3.21. The summed E-state index contributed by atoms with van der Waals surface area (Å²) in [5, 5.41) is 0. The zero-order valence-electron chi connectivity index (χ0n) is 11.0. The second kappa shape index (κ2) is 5.63. The van der Waals surface area contributed by atoms with E-state index >= 15 is 0 Å². The van der Waals surface area contributed by atoms with Gasteiger partial charge in [0.2, 0.25) is 10.0 Å². The molecule has 0 aliphatic heterocycles. The molecule has 1 aliphatic rings. The van der Waals surface area contributed by atoms with Crippen LogP contribution in [0.25, 0.3) is 0 Å². The lowest BCUT2D eigenvalue weighted by Crippen LogP contribution is -2.34. The first-order valence-electron chi connectivity index (χ1n) is 6.22. The topological polar surface area (TPSA) is 71.5 Å². The fourth-order valence-electron chi connectivity index (χ4n) is 2.10. The zero-order chi connectivity index (χ0) is 15.0. The van der Waals surface area contributed by atoms with Crippen molar-refractivity contribution in [1.29, 1.82) is 0 Å². The van der Waals surface area contributed by atoms with Gasteiger partial charge in [0.05, 0.1) is 9.79 Å². The lowest BCUT2D eigenvalue weighted by Gasteiger charge is -2.29. The van der Waals surface area contributed by atoms with Gasteiger partial charge in [-0.25, -0.2) is 21.1 Å². The maximum absolute atomic E-state index is 12.4. The Morgan fingerprint density at radius 3 is 2.30 bits per heavy atom. The minimum Gasteiger partial charge on any atom is -0.207 e. The van der Waals surface area contributed by atoms with E-state index in [1.54, 1.807) is 0 Å². The summed E-state index contributed by atoms with van der Waals surface area (Å²) in [5.41, 5.74) is 0. The normalized spacial score (nSPS) is 17.1. The largest absolute Gasteiger partial charge is 0.261 e. The molecule has 1 saturated carbocycles. The van der Waals surface area contributed by atoms with Crippen molar-refractivity contribution in [3.63, 3.8) is 0 Å². The average Bonchev–Trinajstić information content (AvgIpc) is 2.32. The SMILES string of the molecule is CN(CC1CCC1)S(=O)(=O)c1cccc(S(=O)(=O)Cl)c1. The maximum Gasteiger partial charge on any atom is 0.261 e. The second-order valence-corrected chi connectivity index (χ2v) is 9.61. The van der Waals surface area contributed by atoms with Gasteiger partial charge in [-0.05, 0) is 37.0 Å². The Bertz CT molecular complexity index is 696. The average molecular weight is 338 g/mol. The Hall–Kier alpha value is -0.630. The summed E-state index contributed by atoms with van der Waals surface area (Å²) < 4.78 is 48.6. The predicted octanol–water partition coefficient (Wildman–Crippen LogP) is 2.03. The van der Waals surface area contributed by atoms with Crippen LogP contribution in [0.3, 0.4) is 0 Å². The third-order valence-corrected chi connectivity index (χ3v) is 6.71. The Kier molecular flexibility index (Phi) is 4.44. The van der Waals surface area contributed by atoms with Crippen molar-refractivity contribution in [2.24, 2.45) is 5.92 Å². The molecular formula is C12H16ClNO4S2. The molecule has 0 spiro atoms. The van der Waals surface area contributed by atoms with Crippen LogP contribution < -0.4 is 0 Å². The van der Waals surface area contributed by atoms with Crippen LogP contribution in [0, 0.1) is 5.92 Å². The molecule has 1 aromatic carbocycles. The zero-order valence-corrected chi connectivity index (χ0v) is 13.4. The highest BCUT2D eigenvalue weighted by Crippen LogP contribution is 2.29. The van der Waals surface area contributed by atoms with Crippen LogP contribution in [-0.4, -0.2) is 34.7 Å². The van der Waals surface area contributed by atoms with Crippen molar-refractivity contribution < 1.29 is 16.8 Å². The van der Waals surface area contributed by atoms with Crippen LogP contribution in [0.1, 0.15) is 19.3 Å². The van der Waals surface area contributed by atoms with E-state index in [-0.39, 0.29) is 9.79 Å². The first kappa shape index (κ1) is 15.8. The molecule has 2 rings (SSSR count). The van der Waals surface area contributed by atoms with E-state index in [1.807, 2.05) is 0 Å². The fraction of sp³-hybridized carbons (Fsp3) is 0.500. The van der Waals surface area contributed by atoms with Gasteiger partial charge >= 0.3 is 0 Å². The van der Waals surface area contributed by atoms with Gasteiger partial charge in [0.25, 0.3) is 9.05 Å². The van der Waals surface area contributed by atoms with Gasteiger partial charge in [0.1, 0.15) is 0 Å². The molecule has 8 heteroatoms. The minimum atomic E-state index is -3.94. The predicted molar refractivity (Wildman–Crippen MR) is 76.6 cm³/mol. The summed E-state index contributed by atoms with van der Waals surface area (Å²) in [5.74, 6) is 0.398. The number of rotatable bonds is 5. The Morgan fingerprint density at radius 1 is 1.20 bits per heavy atom. The Labute approximate surface area is 124 Å². The molecule has 0 N–H and O–H groups in total. The molecule has 0 aromatic heterocycles. The van der Waals surface area contributed by atoms with Gasteiger partial charge in [-0.1, -0.05) is 12.5 Å². The number of nitrogens with zero attached hydrogens (tertiary/aromatic N) is 1. The summed E-state index contributed by atoms with van der Waals surface area (Å²) in [7, 11) is -0.872. The molecule has 1 aromatic rings. The van der Waals surface area contributed by atoms with Crippen LogP contribution in [0.5, 0.6) is 0 Å². The highest BCUT2D eigenvalue weighted by atomic mass is 35.7. The molecule has 1 aliphatic carbocycles. The van der Waals surface area contributed by atoms with Gasteiger partial charge in [0.15, 0.2) is 0 Å². The second-order valence-electron chi connectivity index (χ2n) is 5.00. The van der Waals surface area contributed by atoms with Crippen molar-refractivity contribution in [1.82, 2.24) is 4.31 Å². The van der Waals surface area contributed by atoms with Crippen LogP contribution in [-0.2, 0) is 19.1 Å². The first-order chi connectivity index (χ1) is 9.21. The smallest absolute Gasteiger partial charge is 0.207 e. The molecule has 0 atom stereocenters. The van der Waals surface area contributed by atoms with Crippen molar-refractivity contribution in [2.45, 2.75) is 29.1 Å². The Morgan fingerprint density at radius 2 is 1.80 bits per heavy atom. The maximum atomic E-state index is 12.4. The van der Waals surface area contributed by atoms with Crippen LogP contribution in [0.4, 0.5) is 0 Å². The molecule has 0 unspecified atom stereocenters. The molecule has 0 saturated heterocycles. The standard InChI is InChI=1S/C12H16ClNO4S2/c1-14(9-10-4-2-5-10)20(17,18)12-7-3-6-11(8-12)19(13,15)16/h3,6-8,10H,2,4-5,9H2,1H3. The van der Waals surface area contributed by atoms with Crippen LogP contribution >= 0.6 is 10.7 Å². The van der Waals surface area contributed by atoms with E-state index in [4.69, 9.17) is 10.7 Å². The van der Waals surface area contributed by atoms with Crippen molar-refractivity contribution >= 4 is 29.8 Å². The summed E-state index contributed by atoms with van der Waals surface area (Å²) in [6.45, 7) is 0.459. The van der Waals surface area contributed by atoms with E-state index in [1.165, 1.54) is 29.6 Å². The van der Waals surface area contributed by atoms with E-state index in [0.29, 0.717) is 12.5 Å². The van der Waals surface area contributed by atoms with Crippen LogP contribution in [0.2, 0.25) is 0 Å². The van der Waals surface area contributed by atoms with Crippen LogP contribution in [0.15, 0.2) is 34.1 Å². The molecule has 0 heterocycles. The minimum absolute atomic E-state index is 0.0546. The summed E-state index contributed by atoms with van der Waals surface area (Å²) in [6, 6.07) is 5.11. The molecule has 112 valence electrons. The highest BCUT2D eigenvalue weighted by Gasteiger charge is 2.27. The monoisotopic (exact) mass is 337 g/mol. The third-order valence-electron chi connectivity index (χ3n) is 3.54. The number of hydrogen-bond donors (Lipinski definition) is 0. The highest BCUT2D eigenvalue weighted by molar-refractivity contribution is 8.13. The number of halogens is 1. The van der Waals surface area contributed by atoms with Crippen molar-refractivity contribution in [2.75, 3.05) is 13.6 Å². The Balaban J connectivity index is 2.29. The lowest BCUT2D eigenvalue weighted by atomic mass is 9.86. The lowest BCUT2D eigenvalue weighted by molar-refractivity contribution is 0.263. The molecule has 1 fully saturated rings. The van der Waals surface area contributed by atoms with E-state index in [0.717, 1.165) is 25.3 Å². The van der Waals surface area contributed by atoms with Gasteiger partial charge in [-0.15, -0.1) is 0 Å². The quantitative estimate of drug-likeness (QED) is 0.771. The van der Waals surface area contributed by atoms with E-state index < -0.39 is 19.1 Å². The van der Waals surface area contributed by atoms with Gasteiger partial charge in [-0.2, -0.15) is 0 Å². The van der Waals surface area contributed by atoms with Gasteiger partial charge in [0, 0.05) is 24.3 Å². The summed E-state index contributed by atoms with van der Waals surface area (Å²) in [4.78, 5) is -0.265. The van der Waals surface area contributed by atoms with Gasteiger partial charge < -0.3 is 0 Å². The van der Waals surface area contributed by atoms with E-state index in [2.05, 4.69) is 0 Å². The first-order valence-corrected chi connectivity index (χ1v) is 9.97. The molecule has 0 amide bonds. The number of sulfonamides is 1. The van der Waals surface area contributed by atoms with Crippen molar-refractivity contribution in [3.05, 3.63) is 24.3 Å². The molecular weight excluding hydrogens is 322 g/mol. The number of benzene rings is 1. The molecule has 20 heavy (non-hydrogen) atoms. The number of hydrogen-bond acceptors (Lipinski definition) is 4.